The topological polar surface area (TPSA) is 66.5 Å². The summed E-state index contributed by atoms with van der Waals surface area (Å²) in [5, 5.41) is 2.81. The smallest absolute Gasteiger partial charge is 0.252 e. The van der Waals surface area contributed by atoms with Crippen LogP contribution in [-0.2, 0) is 14.8 Å². The van der Waals surface area contributed by atoms with E-state index in [4.69, 9.17) is 11.6 Å². The molecule has 1 heterocycles. The Labute approximate surface area is 129 Å². The van der Waals surface area contributed by atoms with Crippen molar-refractivity contribution >= 4 is 38.9 Å². The van der Waals surface area contributed by atoms with Gasteiger partial charge in [0.1, 0.15) is 4.21 Å². The van der Waals surface area contributed by atoms with Gasteiger partial charge in [0, 0.05) is 13.1 Å². The maximum Gasteiger partial charge on any atom is 0.252 e. The van der Waals surface area contributed by atoms with E-state index in [9.17, 15) is 13.2 Å². The Bertz CT molecular complexity index is 553. The molecule has 0 saturated heterocycles. The molecule has 0 fully saturated rings. The van der Waals surface area contributed by atoms with E-state index in [-0.39, 0.29) is 22.7 Å². The van der Waals surface area contributed by atoms with Gasteiger partial charge in [0.15, 0.2) is 0 Å². The predicted molar refractivity (Wildman–Crippen MR) is 81.7 cm³/mol. The third-order valence-corrected chi connectivity index (χ3v) is 6.43. The van der Waals surface area contributed by atoms with Crippen molar-refractivity contribution in [2.45, 2.75) is 36.9 Å². The Kier molecular flexibility index (Phi) is 6.44. The summed E-state index contributed by atoms with van der Waals surface area (Å²) in [7, 11) is -2.27. The van der Waals surface area contributed by atoms with Gasteiger partial charge in [0.05, 0.1) is 10.9 Å². The summed E-state index contributed by atoms with van der Waals surface area (Å²) in [4.78, 5) is 11.8. The second-order valence-electron chi connectivity index (χ2n) is 4.40. The standard InChI is InChI=1S/C12H19ClN2O3S2/c1-4-9(5-2)14-11(16)8-15(3)20(17,18)12-7-6-10(13)19-12/h6-7,9H,4-5,8H2,1-3H3,(H,14,16). The molecule has 0 radical (unpaired) electrons. The van der Waals surface area contributed by atoms with Gasteiger partial charge in [0.25, 0.3) is 10.0 Å². The molecule has 1 aromatic rings. The van der Waals surface area contributed by atoms with Crippen molar-refractivity contribution in [3.05, 3.63) is 16.5 Å². The van der Waals surface area contributed by atoms with Gasteiger partial charge in [-0.15, -0.1) is 11.3 Å². The maximum atomic E-state index is 12.2. The number of hydrogen-bond acceptors (Lipinski definition) is 4. The molecule has 1 amide bonds. The lowest BCUT2D eigenvalue weighted by atomic mass is 10.2. The van der Waals surface area contributed by atoms with E-state index in [1.54, 1.807) is 0 Å². The molecule has 8 heteroatoms. The zero-order valence-electron chi connectivity index (χ0n) is 11.7. The van der Waals surface area contributed by atoms with Crippen LogP contribution in [0.15, 0.2) is 16.3 Å². The van der Waals surface area contributed by atoms with Crippen LogP contribution in [0.1, 0.15) is 26.7 Å². The minimum absolute atomic E-state index is 0.0785. The molecule has 0 saturated carbocycles. The van der Waals surface area contributed by atoms with E-state index in [1.807, 2.05) is 13.8 Å². The van der Waals surface area contributed by atoms with Gasteiger partial charge < -0.3 is 5.32 Å². The molecule has 0 aromatic carbocycles. The lowest BCUT2D eigenvalue weighted by Gasteiger charge is -2.19. The lowest BCUT2D eigenvalue weighted by Crippen LogP contribution is -2.42. The second kappa shape index (κ2) is 7.40. The highest BCUT2D eigenvalue weighted by atomic mass is 35.5. The predicted octanol–water partition coefficient (Wildman–Crippen LogP) is 2.33. The number of carbonyl (C=O) groups is 1. The summed E-state index contributed by atoms with van der Waals surface area (Å²) < 4.78 is 26.0. The average molecular weight is 339 g/mol. The van der Waals surface area contributed by atoms with E-state index in [1.165, 1.54) is 19.2 Å². The summed E-state index contributed by atoms with van der Waals surface area (Å²) in [6.45, 7) is 3.75. The normalized spacial score (nSPS) is 12.1. The number of nitrogens with zero attached hydrogens (tertiary/aromatic N) is 1. The van der Waals surface area contributed by atoms with Gasteiger partial charge >= 0.3 is 0 Å². The Morgan fingerprint density at radius 1 is 1.40 bits per heavy atom. The molecule has 1 N–H and O–H groups in total. The summed E-state index contributed by atoms with van der Waals surface area (Å²) in [5.41, 5.74) is 0. The highest BCUT2D eigenvalue weighted by Gasteiger charge is 2.25. The van der Waals surface area contributed by atoms with Crippen LogP contribution in [0.25, 0.3) is 0 Å². The number of rotatable bonds is 7. The van der Waals surface area contributed by atoms with Crippen molar-refractivity contribution in [3.63, 3.8) is 0 Å². The van der Waals surface area contributed by atoms with Crippen LogP contribution in [0.5, 0.6) is 0 Å². The monoisotopic (exact) mass is 338 g/mol. The number of halogens is 1. The Hall–Kier alpha value is -0.630. The summed E-state index contributed by atoms with van der Waals surface area (Å²) in [5.74, 6) is -0.299. The molecule has 1 rings (SSSR count). The number of carbonyl (C=O) groups excluding carboxylic acids is 1. The molecule has 0 bridgehead atoms. The quantitative estimate of drug-likeness (QED) is 0.829. The van der Waals surface area contributed by atoms with E-state index >= 15 is 0 Å². The number of amides is 1. The van der Waals surface area contributed by atoms with Gasteiger partial charge in [0.2, 0.25) is 5.91 Å². The summed E-state index contributed by atoms with van der Waals surface area (Å²) in [6.07, 6.45) is 1.64. The number of hydrogen-bond donors (Lipinski definition) is 1. The molecule has 0 aliphatic heterocycles. The first-order chi connectivity index (χ1) is 9.31. The SMILES string of the molecule is CCC(CC)NC(=O)CN(C)S(=O)(=O)c1ccc(Cl)s1. The largest absolute Gasteiger partial charge is 0.352 e. The number of thiophene rings is 1. The van der Waals surface area contributed by atoms with Crippen molar-refractivity contribution in [1.82, 2.24) is 9.62 Å². The highest BCUT2D eigenvalue weighted by molar-refractivity contribution is 7.91. The molecule has 20 heavy (non-hydrogen) atoms. The van der Waals surface area contributed by atoms with Gasteiger partial charge in [-0.1, -0.05) is 25.4 Å². The molecule has 0 aliphatic rings. The maximum absolute atomic E-state index is 12.2. The lowest BCUT2D eigenvalue weighted by molar-refractivity contribution is -0.121. The second-order valence-corrected chi connectivity index (χ2v) is 8.39. The third kappa shape index (κ3) is 4.44. The van der Waals surface area contributed by atoms with Crippen LogP contribution < -0.4 is 5.32 Å². The molecule has 5 nitrogen and oxygen atoms in total. The van der Waals surface area contributed by atoms with E-state index in [0.29, 0.717) is 4.34 Å². The van der Waals surface area contributed by atoms with Crippen molar-refractivity contribution in [2.75, 3.05) is 13.6 Å². The molecule has 1 aromatic heterocycles. The van der Waals surface area contributed by atoms with Crippen molar-refractivity contribution in [3.8, 4) is 0 Å². The van der Waals surface area contributed by atoms with Gasteiger partial charge in [-0.3, -0.25) is 4.79 Å². The van der Waals surface area contributed by atoms with E-state index < -0.39 is 10.0 Å². The van der Waals surface area contributed by atoms with Crippen LogP contribution in [0.4, 0.5) is 0 Å². The Morgan fingerprint density at radius 2 is 2.00 bits per heavy atom. The average Bonchev–Trinajstić information content (AvgIpc) is 2.83. The van der Waals surface area contributed by atoms with Gasteiger partial charge in [-0.2, -0.15) is 4.31 Å². The Balaban J connectivity index is 2.71. The van der Waals surface area contributed by atoms with Gasteiger partial charge in [-0.25, -0.2) is 8.42 Å². The first-order valence-electron chi connectivity index (χ1n) is 6.32. The molecular formula is C12H19ClN2O3S2. The molecule has 0 spiro atoms. The third-order valence-electron chi connectivity index (χ3n) is 2.93. The van der Waals surface area contributed by atoms with Crippen LogP contribution in [0.3, 0.4) is 0 Å². The van der Waals surface area contributed by atoms with Crippen LogP contribution >= 0.6 is 22.9 Å². The molecule has 114 valence electrons. The molecule has 0 aliphatic carbocycles. The van der Waals surface area contributed by atoms with Crippen LogP contribution in [0, 0.1) is 0 Å². The van der Waals surface area contributed by atoms with Crippen molar-refractivity contribution in [1.29, 1.82) is 0 Å². The fourth-order valence-electron chi connectivity index (χ4n) is 1.64. The van der Waals surface area contributed by atoms with Crippen LogP contribution in [-0.4, -0.2) is 38.3 Å². The molecule has 0 unspecified atom stereocenters. The molecular weight excluding hydrogens is 320 g/mol. The fourth-order valence-corrected chi connectivity index (χ4v) is 4.46. The number of likely N-dealkylation sites (N-methyl/N-ethyl adjacent to an activating group) is 1. The fraction of sp³-hybridized carbons (Fsp3) is 0.583. The zero-order valence-corrected chi connectivity index (χ0v) is 14.1. The van der Waals surface area contributed by atoms with Crippen LogP contribution in [0.2, 0.25) is 4.34 Å². The minimum atomic E-state index is -3.66. The van der Waals surface area contributed by atoms with Crippen molar-refractivity contribution in [2.24, 2.45) is 0 Å². The first kappa shape index (κ1) is 17.4. The summed E-state index contributed by atoms with van der Waals surface area (Å²) >= 11 is 6.72. The van der Waals surface area contributed by atoms with E-state index in [2.05, 4.69) is 5.32 Å². The first-order valence-corrected chi connectivity index (χ1v) is 8.95. The minimum Gasteiger partial charge on any atom is -0.352 e. The van der Waals surface area contributed by atoms with Gasteiger partial charge in [-0.05, 0) is 25.0 Å². The van der Waals surface area contributed by atoms with E-state index in [0.717, 1.165) is 28.5 Å². The number of nitrogens with one attached hydrogen (secondary N) is 1. The highest BCUT2D eigenvalue weighted by Crippen LogP contribution is 2.27. The van der Waals surface area contributed by atoms with Crippen molar-refractivity contribution < 1.29 is 13.2 Å². The number of sulfonamides is 1. The molecule has 0 atom stereocenters. The summed E-state index contributed by atoms with van der Waals surface area (Å²) in [6, 6.07) is 3.05. The Morgan fingerprint density at radius 3 is 2.45 bits per heavy atom. The zero-order chi connectivity index (χ0) is 15.3.